The van der Waals surface area contributed by atoms with Gasteiger partial charge in [-0.25, -0.2) is 0 Å². The van der Waals surface area contributed by atoms with Crippen molar-refractivity contribution in [2.24, 2.45) is 0 Å². The zero-order valence-corrected chi connectivity index (χ0v) is 11.3. The Morgan fingerprint density at radius 3 is 1.88 bits per heavy atom. The summed E-state index contributed by atoms with van der Waals surface area (Å²) in [5.74, 6) is -0.0921. The van der Waals surface area contributed by atoms with Gasteiger partial charge in [-0.2, -0.15) is 0 Å². The maximum atomic E-state index is 9.48. The monoisotopic (exact) mass is 314 g/mol. The minimum Gasteiger partial charge on any atom is -0.506 e. The Bertz CT molecular complexity index is 594. The van der Waals surface area contributed by atoms with Crippen molar-refractivity contribution >= 4 is 68.8 Å². The molecular weight excluding hydrogens is 313 g/mol. The molecular formula is C10H3Cl5O. The van der Waals surface area contributed by atoms with Gasteiger partial charge in [0, 0.05) is 10.8 Å². The van der Waals surface area contributed by atoms with E-state index in [1.807, 2.05) is 0 Å². The van der Waals surface area contributed by atoms with Crippen molar-refractivity contribution in [2.45, 2.75) is 0 Å². The first-order chi connectivity index (χ1) is 7.45. The van der Waals surface area contributed by atoms with Crippen LogP contribution in [0.1, 0.15) is 0 Å². The highest BCUT2D eigenvalue weighted by Gasteiger charge is 2.18. The molecule has 0 heterocycles. The van der Waals surface area contributed by atoms with Gasteiger partial charge in [0.05, 0.1) is 25.1 Å². The number of aromatic hydroxyl groups is 1. The van der Waals surface area contributed by atoms with Gasteiger partial charge in [0.25, 0.3) is 0 Å². The van der Waals surface area contributed by atoms with Crippen molar-refractivity contribution in [1.82, 2.24) is 0 Å². The molecule has 6 heteroatoms. The first-order valence-electron chi connectivity index (χ1n) is 4.08. The number of phenols is 1. The summed E-state index contributed by atoms with van der Waals surface area (Å²) in [5.41, 5.74) is 0. The van der Waals surface area contributed by atoms with Gasteiger partial charge in [-0.15, -0.1) is 0 Å². The van der Waals surface area contributed by atoms with E-state index in [4.69, 9.17) is 58.0 Å². The SMILES string of the molecule is Oc1ccc2c(Cl)c(Cl)c(Cl)c(Cl)c2c1Cl. The largest absolute Gasteiger partial charge is 0.506 e. The number of hydrogen-bond acceptors (Lipinski definition) is 1. The van der Waals surface area contributed by atoms with Crippen LogP contribution >= 0.6 is 58.0 Å². The van der Waals surface area contributed by atoms with E-state index in [1.165, 1.54) is 6.07 Å². The molecule has 0 bridgehead atoms. The van der Waals surface area contributed by atoms with Gasteiger partial charge in [0.15, 0.2) is 0 Å². The molecule has 2 rings (SSSR count). The number of fused-ring (bicyclic) bond motifs is 1. The second-order valence-corrected chi connectivity index (χ2v) is 4.97. The Hall–Kier alpha value is -0.0500. The maximum Gasteiger partial charge on any atom is 0.134 e. The molecule has 1 nitrogen and oxygen atoms in total. The van der Waals surface area contributed by atoms with Gasteiger partial charge in [-0.1, -0.05) is 58.0 Å². The summed E-state index contributed by atoms with van der Waals surface area (Å²) >= 11 is 29.8. The Morgan fingerprint density at radius 1 is 0.688 bits per heavy atom. The van der Waals surface area contributed by atoms with Crippen LogP contribution < -0.4 is 0 Å². The smallest absolute Gasteiger partial charge is 0.134 e. The minimum absolute atomic E-state index is 0.0921. The lowest BCUT2D eigenvalue weighted by Crippen LogP contribution is -1.83. The molecule has 0 spiro atoms. The summed E-state index contributed by atoms with van der Waals surface area (Å²) in [7, 11) is 0. The van der Waals surface area contributed by atoms with E-state index in [1.54, 1.807) is 6.07 Å². The zero-order chi connectivity index (χ0) is 12.0. The molecule has 0 saturated carbocycles. The molecule has 0 amide bonds. The molecule has 0 unspecified atom stereocenters. The van der Waals surface area contributed by atoms with Crippen molar-refractivity contribution in [3.8, 4) is 5.75 Å². The Balaban J connectivity index is 3.09. The third-order valence-electron chi connectivity index (χ3n) is 2.16. The molecule has 0 saturated heterocycles. The summed E-state index contributed by atoms with van der Waals surface area (Å²) in [6.45, 7) is 0. The predicted molar refractivity (Wildman–Crippen MR) is 70.7 cm³/mol. The average molecular weight is 316 g/mol. The Kier molecular flexibility index (Phi) is 3.35. The van der Waals surface area contributed by atoms with Gasteiger partial charge < -0.3 is 5.11 Å². The third-order valence-corrected chi connectivity index (χ3v) is 4.35. The topological polar surface area (TPSA) is 20.2 Å². The fourth-order valence-corrected chi connectivity index (χ4v) is 2.72. The van der Waals surface area contributed by atoms with Gasteiger partial charge in [0.2, 0.25) is 0 Å². The number of halogens is 5. The van der Waals surface area contributed by atoms with Crippen molar-refractivity contribution < 1.29 is 5.11 Å². The van der Waals surface area contributed by atoms with E-state index in [0.29, 0.717) is 10.8 Å². The minimum atomic E-state index is -0.0921. The molecule has 0 radical (unpaired) electrons. The summed E-state index contributed by atoms with van der Waals surface area (Å²) < 4.78 is 0. The normalized spacial score (nSPS) is 11.1. The van der Waals surface area contributed by atoms with Crippen LogP contribution in [0.4, 0.5) is 0 Å². The molecule has 2 aromatic rings. The molecule has 0 atom stereocenters. The second-order valence-electron chi connectivity index (χ2n) is 3.08. The average Bonchev–Trinajstić information content (AvgIpc) is 2.27. The van der Waals surface area contributed by atoms with Crippen LogP contribution in [0, 0.1) is 0 Å². The molecule has 0 aliphatic heterocycles. The summed E-state index contributed by atoms with van der Waals surface area (Å²) in [6.07, 6.45) is 0. The first kappa shape index (κ1) is 12.4. The quantitative estimate of drug-likeness (QED) is 0.480. The van der Waals surface area contributed by atoms with Gasteiger partial charge in [0.1, 0.15) is 5.75 Å². The maximum absolute atomic E-state index is 9.48. The molecule has 1 N–H and O–H groups in total. The molecule has 0 aliphatic rings. The second kappa shape index (κ2) is 4.32. The fraction of sp³-hybridized carbons (Fsp3) is 0. The first-order valence-corrected chi connectivity index (χ1v) is 5.97. The van der Waals surface area contributed by atoms with Gasteiger partial charge in [-0.05, 0) is 12.1 Å². The highest BCUT2D eigenvalue weighted by Crippen LogP contribution is 2.47. The van der Waals surface area contributed by atoms with Crippen molar-refractivity contribution in [1.29, 1.82) is 0 Å². The Labute approximate surface area is 116 Å². The van der Waals surface area contributed by atoms with E-state index in [2.05, 4.69) is 0 Å². The van der Waals surface area contributed by atoms with Crippen LogP contribution in [0.2, 0.25) is 25.1 Å². The highest BCUT2D eigenvalue weighted by molar-refractivity contribution is 6.56. The van der Waals surface area contributed by atoms with E-state index >= 15 is 0 Å². The summed E-state index contributed by atoms with van der Waals surface area (Å²) in [4.78, 5) is 0. The molecule has 16 heavy (non-hydrogen) atoms. The van der Waals surface area contributed by atoms with Crippen LogP contribution in [0.15, 0.2) is 12.1 Å². The van der Waals surface area contributed by atoms with Crippen molar-refractivity contribution in [3.63, 3.8) is 0 Å². The van der Waals surface area contributed by atoms with Crippen LogP contribution in [0.3, 0.4) is 0 Å². The van der Waals surface area contributed by atoms with Gasteiger partial charge in [-0.3, -0.25) is 0 Å². The van der Waals surface area contributed by atoms with Crippen LogP contribution in [0.5, 0.6) is 5.75 Å². The van der Waals surface area contributed by atoms with Crippen LogP contribution in [-0.4, -0.2) is 5.11 Å². The Morgan fingerprint density at radius 2 is 1.25 bits per heavy atom. The number of hydrogen-bond donors (Lipinski definition) is 1. The number of rotatable bonds is 0. The molecule has 0 aromatic heterocycles. The van der Waals surface area contributed by atoms with E-state index in [9.17, 15) is 5.11 Å². The number of benzene rings is 2. The zero-order valence-electron chi connectivity index (χ0n) is 7.49. The fourth-order valence-electron chi connectivity index (χ4n) is 1.38. The lowest BCUT2D eigenvalue weighted by Gasteiger charge is -2.10. The lowest BCUT2D eigenvalue weighted by molar-refractivity contribution is 0.476. The van der Waals surface area contributed by atoms with Gasteiger partial charge >= 0.3 is 0 Å². The highest BCUT2D eigenvalue weighted by atomic mass is 35.5. The van der Waals surface area contributed by atoms with Crippen molar-refractivity contribution in [2.75, 3.05) is 0 Å². The lowest BCUT2D eigenvalue weighted by atomic mass is 10.1. The van der Waals surface area contributed by atoms with Crippen molar-refractivity contribution in [3.05, 3.63) is 37.2 Å². The third kappa shape index (κ3) is 1.71. The standard InChI is InChI=1S/C10H3Cl5O/c11-6-3-1-2-4(16)7(12)5(3)8(13)10(15)9(6)14/h1-2,16H. The summed E-state index contributed by atoms with van der Waals surface area (Å²) in [5, 5.41) is 11.2. The molecule has 0 fully saturated rings. The predicted octanol–water partition coefficient (Wildman–Crippen LogP) is 5.81. The van der Waals surface area contributed by atoms with E-state index in [0.717, 1.165) is 0 Å². The van der Waals surface area contributed by atoms with Crippen LogP contribution in [-0.2, 0) is 0 Å². The van der Waals surface area contributed by atoms with E-state index in [-0.39, 0.29) is 30.9 Å². The van der Waals surface area contributed by atoms with E-state index < -0.39 is 0 Å². The summed E-state index contributed by atoms with van der Waals surface area (Å²) in [6, 6.07) is 2.99. The molecule has 0 aliphatic carbocycles. The number of phenolic OH excluding ortho intramolecular Hbond substituents is 1. The van der Waals surface area contributed by atoms with Crippen LogP contribution in [0.25, 0.3) is 10.8 Å². The molecule has 2 aromatic carbocycles. The molecule has 84 valence electrons.